The molecular formula is C14H20N4O2S. The van der Waals surface area contributed by atoms with Crippen molar-refractivity contribution in [3.05, 3.63) is 30.1 Å². The molecule has 1 aliphatic heterocycles. The van der Waals surface area contributed by atoms with Gasteiger partial charge in [-0.2, -0.15) is 17.4 Å². The van der Waals surface area contributed by atoms with Crippen LogP contribution >= 0.6 is 0 Å². The number of piperidine rings is 1. The lowest BCUT2D eigenvalue weighted by atomic mass is 10.1. The maximum Gasteiger partial charge on any atom is 0.280 e. The van der Waals surface area contributed by atoms with Crippen molar-refractivity contribution in [1.82, 2.24) is 19.0 Å². The second-order valence-electron chi connectivity index (χ2n) is 5.48. The standard InChI is InChI=1S/C14H20N4O2S/c1-11-6-4-5-9-18(11)21(19,20)15-10-14-16-12-7-2-3-8-13(12)17-14/h2-3,7-8,11,15H,4-6,9-10H2,1H3,(H,16,17). The minimum atomic E-state index is -3.44. The van der Waals surface area contributed by atoms with E-state index in [0.29, 0.717) is 12.4 Å². The van der Waals surface area contributed by atoms with Gasteiger partial charge < -0.3 is 4.98 Å². The molecule has 0 spiro atoms. The Bertz CT molecular complexity index is 692. The van der Waals surface area contributed by atoms with E-state index in [9.17, 15) is 8.42 Å². The van der Waals surface area contributed by atoms with Crippen molar-refractivity contribution in [2.45, 2.75) is 38.8 Å². The van der Waals surface area contributed by atoms with E-state index >= 15 is 0 Å². The Labute approximate surface area is 124 Å². The van der Waals surface area contributed by atoms with Crippen molar-refractivity contribution >= 4 is 21.2 Å². The van der Waals surface area contributed by atoms with Crippen LogP contribution in [0.5, 0.6) is 0 Å². The van der Waals surface area contributed by atoms with Crippen LogP contribution in [0.1, 0.15) is 32.0 Å². The monoisotopic (exact) mass is 308 g/mol. The molecule has 1 saturated heterocycles. The van der Waals surface area contributed by atoms with Gasteiger partial charge in [-0.3, -0.25) is 0 Å². The average molecular weight is 308 g/mol. The molecule has 114 valence electrons. The Morgan fingerprint density at radius 2 is 2.19 bits per heavy atom. The summed E-state index contributed by atoms with van der Waals surface area (Å²) in [6.45, 7) is 2.73. The van der Waals surface area contributed by atoms with Gasteiger partial charge in [0.05, 0.1) is 17.6 Å². The molecule has 0 bridgehead atoms. The van der Waals surface area contributed by atoms with E-state index in [1.54, 1.807) is 4.31 Å². The summed E-state index contributed by atoms with van der Waals surface area (Å²) in [7, 11) is -3.44. The number of aromatic nitrogens is 2. The van der Waals surface area contributed by atoms with E-state index in [-0.39, 0.29) is 12.6 Å². The van der Waals surface area contributed by atoms with E-state index in [0.717, 1.165) is 30.3 Å². The molecule has 21 heavy (non-hydrogen) atoms. The van der Waals surface area contributed by atoms with E-state index < -0.39 is 10.2 Å². The Kier molecular flexibility index (Phi) is 3.97. The summed E-state index contributed by atoms with van der Waals surface area (Å²) in [5.74, 6) is 0.629. The predicted molar refractivity (Wildman–Crippen MR) is 81.9 cm³/mol. The van der Waals surface area contributed by atoms with Gasteiger partial charge >= 0.3 is 0 Å². The van der Waals surface area contributed by atoms with Crippen LogP contribution in [0.15, 0.2) is 24.3 Å². The van der Waals surface area contributed by atoms with Crippen molar-refractivity contribution in [1.29, 1.82) is 0 Å². The number of imidazole rings is 1. The maximum atomic E-state index is 12.4. The summed E-state index contributed by atoms with van der Waals surface area (Å²) in [5, 5.41) is 0. The van der Waals surface area contributed by atoms with E-state index in [4.69, 9.17) is 0 Å². The third-order valence-electron chi connectivity index (χ3n) is 3.91. The summed E-state index contributed by atoms with van der Waals surface area (Å²) < 4.78 is 28.9. The second-order valence-corrected chi connectivity index (χ2v) is 7.19. The zero-order valence-electron chi connectivity index (χ0n) is 12.0. The summed E-state index contributed by atoms with van der Waals surface area (Å²) >= 11 is 0. The number of H-pyrrole nitrogens is 1. The molecule has 0 amide bonds. The number of hydrogen-bond donors (Lipinski definition) is 2. The largest absolute Gasteiger partial charge is 0.341 e. The number of nitrogens with one attached hydrogen (secondary N) is 2. The minimum Gasteiger partial charge on any atom is -0.341 e. The van der Waals surface area contributed by atoms with Crippen molar-refractivity contribution < 1.29 is 8.42 Å². The van der Waals surface area contributed by atoms with E-state index in [1.165, 1.54) is 0 Å². The van der Waals surface area contributed by atoms with Crippen LogP contribution in [0.2, 0.25) is 0 Å². The van der Waals surface area contributed by atoms with Crippen LogP contribution in [-0.4, -0.2) is 35.3 Å². The highest BCUT2D eigenvalue weighted by molar-refractivity contribution is 7.87. The molecule has 6 nitrogen and oxygen atoms in total. The van der Waals surface area contributed by atoms with Gasteiger partial charge in [-0.15, -0.1) is 0 Å². The normalized spacial score (nSPS) is 20.9. The number of rotatable bonds is 4. The molecule has 0 radical (unpaired) electrons. The van der Waals surface area contributed by atoms with Gasteiger partial charge in [0, 0.05) is 12.6 Å². The number of benzene rings is 1. The first-order chi connectivity index (χ1) is 10.1. The highest BCUT2D eigenvalue weighted by Gasteiger charge is 2.29. The first-order valence-electron chi connectivity index (χ1n) is 7.26. The highest BCUT2D eigenvalue weighted by Crippen LogP contribution is 2.19. The molecule has 3 rings (SSSR count). The van der Waals surface area contributed by atoms with Crippen molar-refractivity contribution in [3.63, 3.8) is 0 Å². The Hall–Kier alpha value is -1.44. The van der Waals surface area contributed by atoms with Crippen molar-refractivity contribution in [2.75, 3.05) is 6.54 Å². The Morgan fingerprint density at radius 1 is 1.38 bits per heavy atom. The molecule has 7 heteroatoms. The van der Waals surface area contributed by atoms with Gasteiger partial charge in [0.15, 0.2) is 0 Å². The number of aromatic amines is 1. The molecule has 2 N–H and O–H groups in total. The summed E-state index contributed by atoms with van der Waals surface area (Å²) in [5.41, 5.74) is 1.76. The fourth-order valence-corrected chi connectivity index (χ4v) is 4.19. The molecule has 1 unspecified atom stereocenters. The molecule has 1 fully saturated rings. The van der Waals surface area contributed by atoms with Crippen LogP contribution in [0.4, 0.5) is 0 Å². The molecule has 1 aromatic heterocycles. The van der Waals surface area contributed by atoms with Crippen molar-refractivity contribution in [2.24, 2.45) is 0 Å². The quantitative estimate of drug-likeness (QED) is 0.903. The average Bonchev–Trinajstić information content (AvgIpc) is 2.88. The minimum absolute atomic E-state index is 0.0620. The third-order valence-corrected chi connectivity index (χ3v) is 5.58. The van der Waals surface area contributed by atoms with Gasteiger partial charge in [-0.1, -0.05) is 18.6 Å². The topological polar surface area (TPSA) is 78.1 Å². The van der Waals surface area contributed by atoms with Gasteiger partial charge in [0.2, 0.25) is 0 Å². The van der Waals surface area contributed by atoms with E-state index in [1.807, 2.05) is 31.2 Å². The highest BCUT2D eigenvalue weighted by atomic mass is 32.2. The molecule has 1 aromatic carbocycles. The molecule has 0 aliphatic carbocycles. The zero-order chi connectivity index (χ0) is 14.9. The molecule has 0 saturated carbocycles. The molecule has 2 aromatic rings. The van der Waals surface area contributed by atoms with Crippen LogP contribution in [-0.2, 0) is 16.8 Å². The number of fused-ring (bicyclic) bond motifs is 1. The number of nitrogens with zero attached hydrogens (tertiary/aromatic N) is 2. The molecule has 1 atom stereocenters. The number of para-hydroxylation sites is 2. The van der Waals surface area contributed by atoms with Crippen LogP contribution in [0, 0.1) is 0 Å². The fraction of sp³-hybridized carbons (Fsp3) is 0.500. The summed E-state index contributed by atoms with van der Waals surface area (Å²) in [6, 6.07) is 7.71. The van der Waals surface area contributed by atoms with Gasteiger partial charge in [-0.05, 0) is 31.9 Å². The Balaban J connectivity index is 1.71. The zero-order valence-corrected chi connectivity index (χ0v) is 12.9. The first-order valence-corrected chi connectivity index (χ1v) is 8.70. The summed E-state index contributed by atoms with van der Waals surface area (Å²) in [6.07, 6.45) is 2.94. The SMILES string of the molecule is CC1CCCCN1S(=O)(=O)NCc1nc2ccccc2[nH]1. The lowest BCUT2D eigenvalue weighted by Crippen LogP contribution is -2.47. The summed E-state index contributed by atoms with van der Waals surface area (Å²) in [4.78, 5) is 7.50. The predicted octanol–water partition coefficient (Wildman–Crippen LogP) is 1.77. The Morgan fingerprint density at radius 3 is 2.95 bits per heavy atom. The van der Waals surface area contributed by atoms with Gasteiger partial charge in [0.1, 0.15) is 5.82 Å². The lowest BCUT2D eigenvalue weighted by molar-refractivity contribution is 0.265. The molecule has 1 aliphatic rings. The van der Waals surface area contributed by atoms with Crippen molar-refractivity contribution in [3.8, 4) is 0 Å². The van der Waals surface area contributed by atoms with Crippen LogP contribution in [0.3, 0.4) is 0 Å². The smallest absolute Gasteiger partial charge is 0.280 e. The fourth-order valence-electron chi connectivity index (χ4n) is 2.76. The van der Waals surface area contributed by atoms with Crippen LogP contribution in [0.25, 0.3) is 11.0 Å². The molecule has 2 heterocycles. The lowest BCUT2D eigenvalue weighted by Gasteiger charge is -2.32. The van der Waals surface area contributed by atoms with E-state index in [2.05, 4.69) is 14.7 Å². The maximum absolute atomic E-state index is 12.4. The van der Waals surface area contributed by atoms with Gasteiger partial charge in [0.25, 0.3) is 10.2 Å². The molecular weight excluding hydrogens is 288 g/mol. The third kappa shape index (κ3) is 3.09. The number of hydrogen-bond acceptors (Lipinski definition) is 3. The second kappa shape index (κ2) is 5.75. The van der Waals surface area contributed by atoms with Gasteiger partial charge in [-0.25, -0.2) is 4.98 Å². The first kappa shape index (κ1) is 14.5. The van der Waals surface area contributed by atoms with Crippen LogP contribution < -0.4 is 4.72 Å².